The fourth-order valence-corrected chi connectivity index (χ4v) is 3.07. The van der Waals surface area contributed by atoms with Crippen LogP contribution in [0.15, 0.2) is 0 Å². The fraction of sp³-hybridized carbons (Fsp3) is 1.00. The summed E-state index contributed by atoms with van der Waals surface area (Å²) >= 11 is 0. The lowest BCUT2D eigenvalue weighted by Crippen LogP contribution is -2.41. The van der Waals surface area contributed by atoms with Crippen LogP contribution >= 0.6 is 0 Å². The second-order valence-electron chi connectivity index (χ2n) is 10.2. The molecule has 140 valence electrons. The smallest absolute Gasteiger partial charge is 0.0782 e. The van der Waals surface area contributed by atoms with Gasteiger partial charge in [-0.15, -0.1) is 0 Å². The van der Waals surface area contributed by atoms with Crippen molar-refractivity contribution in [3.63, 3.8) is 0 Å². The monoisotopic (exact) mass is 330 g/mol. The normalized spacial score (nSPS) is 13.6. The Kier molecular flexibility index (Phi) is 10.6. The van der Waals surface area contributed by atoms with Crippen LogP contribution in [-0.2, 0) is 0 Å². The Balaban J connectivity index is 3.54. The number of unbranched alkanes of at least 4 members (excludes halogenated alkanes) is 6. The van der Waals surface area contributed by atoms with Crippen molar-refractivity contribution < 1.29 is 13.4 Å². The lowest BCUT2D eigenvalue weighted by atomic mass is 10.1. The fourth-order valence-electron chi connectivity index (χ4n) is 3.07. The Morgan fingerprint density at radius 3 is 0.870 bits per heavy atom. The lowest BCUT2D eigenvalue weighted by molar-refractivity contribution is -0.890. The predicted octanol–water partition coefficient (Wildman–Crippen LogP) is 3.60. The molecule has 0 atom stereocenters. The molecule has 0 aromatic carbocycles. The first kappa shape index (κ1) is 22.9. The number of quaternary nitrogens is 3. The van der Waals surface area contributed by atoms with Gasteiger partial charge in [-0.25, -0.2) is 0 Å². The molecule has 0 aliphatic rings. The predicted molar refractivity (Wildman–Crippen MR) is 105 cm³/mol. The summed E-state index contributed by atoms with van der Waals surface area (Å²) in [5, 5.41) is 0. The summed E-state index contributed by atoms with van der Waals surface area (Å²) in [5.74, 6) is 0. The highest BCUT2D eigenvalue weighted by atomic mass is 15.3. The molecule has 0 spiro atoms. The zero-order valence-electron chi connectivity index (χ0n) is 17.8. The second-order valence-corrected chi connectivity index (χ2v) is 10.2. The van der Waals surface area contributed by atoms with Crippen molar-refractivity contribution >= 4 is 0 Å². The Morgan fingerprint density at radius 1 is 0.348 bits per heavy atom. The zero-order chi connectivity index (χ0) is 18.0. The molecule has 23 heavy (non-hydrogen) atoms. The Morgan fingerprint density at radius 2 is 0.609 bits per heavy atom. The van der Waals surface area contributed by atoms with Gasteiger partial charge in [0.15, 0.2) is 0 Å². The average Bonchev–Trinajstić information content (AvgIpc) is 2.35. The maximum absolute atomic E-state index is 2.41. The third kappa shape index (κ3) is 18.1. The molecule has 3 nitrogen and oxygen atoms in total. The molecule has 0 fully saturated rings. The van der Waals surface area contributed by atoms with Crippen LogP contribution in [0.4, 0.5) is 0 Å². The highest BCUT2D eigenvalue weighted by molar-refractivity contribution is 4.46. The van der Waals surface area contributed by atoms with Crippen molar-refractivity contribution in [3.8, 4) is 0 Å². The van der Waals surface area contributed by atoms with Gasteiger partial charge in [-0.2, -0.15) is 0 Å². The summed E-state index contributed by atoms with van der Waals surface area (Å²) in [7, 11) is 18.6. The highest BCUT2D eigenvalue weighted by Crippen LogP contribution is 2.10. The van der Waals surface area contributed by atoms with Crippen LogP contribution in [0.5, 0.6) is 0 Å². The van der Waals surface area contributed by atoms with Crippen molar-refractivity contribution in [3.05, 3.63) is 0 Å². The largest absolute Gasteiger partial charge is 0.331 e. The summed E-state index contributed by atoms with van der Waals surface area (Å²) in [6.45, 7) is 5.32. The van der Waals surface area contributed by atoms with E-state index in [2.05, 4.69) is 56.4 Å². The van der Waals surface area contributed by atoms with Gasteiger partial charge in [0.05, 0.1) is 82.6 Å². The van der Waals surface area contributed by atoms with E-state index in [1.54, 1.807) is 0 Å². The molecule has 0 aromatic rings. The molecule has 0 bridgehead atoms. The van der Waals surface area contributed by atoms with Crippen LogP contribution in [-0.4, -0.2) is 96.0 Å². The van der Waals surface area contributed by atoms with Gasteiger partial charge in [0.25, 0.3) is 0 Å². The number of rotatable bonds is 14. The van der Waals surface area contributed by atoms with Gasteiger partial charge in [-0.05, 0) is 51.4 Å². The van der Waals surface area contributed by atoms with Gasteiger partial charge in [-0.1, -0.05) is 0 Å². The van der Waals surface area contributed by atoms with Crippen LogP contribution in [0.25, 0.3) is 0 Å². The quantitative estimate of drug-likeness (QED) is 0.337. The number of hydrogen-bond acceptors (Lipinski definition) is 0. The minimum Gasteiger partial charge on any atom is -0.331 e. The van der Waals surface area contributed by atoms with Gasteiger partial charge < -0.3 is 13.4 Å². The molecule has 0 aromatic heterocycles. The third-order valence-corrected chi connectivity index (χ3v) is 4.68. The van der Waals surface area contributed by atoms with Gasteiger partial charge in [0, 0.05) is 0 Å². The third-order valence-electron chi connectivity index (χ3n) is 4.68. The average molecular weight is 331 g/mol. The van der Waals surface area contributed by atoms with Crippen molar-refractivity contribution in [2.75, 3.05) is 82.6 Å². The molecular formula is C20H48N3+3. The van der Waals surface area contributed by atoms with E-state index < -0.39 is 0 Å². The maximum Gasteiger partial charge on any atom is 0.0782 e. The summed E-state index contributed by atoms with van der Waals surface area (Å²) in [6, 6.07) is 0. The first-order valence-electron chi connectivity index (χ1n) is 9.84. The van der Waals surface area contributed by atoms with Gasteiger partial charge in [0.2, 0.25) is 0 Å². The molecule has 0 unspecified atom stereocenters. The molecule has 0 aliphatic heterocycles. The second kappa shape index (κ2) is 10.7. The van der Waals surface area contributed by atoms with Crippen molar-refractivity contribution in [1.82, 2.24) is 0 Å². The number of hydrogen-bond donors (Lipinski definition) is 0. The minimum atomic E-state index is 1.11. The van der Waals surface area contributed by atoms with Crippen LogP contribution in [0.3, 0.4) is 0 Å². The first-order chi connectivity index (χ1) is 10.4. The van der Waals surface area contributed by atoms with E-state index in [9.17, 15) is 0 Å². The molecule has 0 saturated heterocycles. The SMILES string of the molecule is C[N+](C)(C)CCCCCC[N+](C)(C)CCCCCC[N+](C)(C)C. The highest BCUT2D eigenvalue weighted by Gasteiger charge is 2.14. The maximum atomic E-state index is 2.41. The van der Waals surface area contributed by atoms with Crippen molar-refractivity contribution in [1.29, 1.82) is 0 Å². The van der Waals surface area contributed by atoms with E-state index in [-0.39, 0.29) is 0 Å². The van der Waals surface area contributed by atoms with E-state index in [1.165, 1.54) is 82.0 Å². The van der Waals surface area contributed by atoms with Crippen LogP contribution in [0.1, 0.15) is 51.4 Å². The Labute approximate surface area is 148 Å². The summed E-state index contributed by atoms with van der Waals surface area (Å²) in [4.78, 5) is 0. The van der Waals surface area contributed by atoms with Crippen molar-refractivity contribution in [2.45, 2.75) is 51.4 Å². The van der Waals surface area contributed by atoms with Crippen LogP contribution < -0.4 is 0 Å². The summed E-state index contributed by atoms with van der Waals surface area (Å²) < 4.78 is 3.43. The standard InChI is InChI=1S/C20H48N3/c1-21(2,3)17-13-9-11-15-19-23(7,8)20-16-12-10-14-18-22(4,5)6/h9-20H2,1-8H3/q+3. The first-order valence-corrected chi connectivity index (χ1v) is 9.84. The van der Waals surface area contributed by atoms with Crippen molar-refractivity contribution in [2.24, 2.45) is 0 Å². The van der Waals surface area contributed by atoms with E-state index in [0.717, 1.165) is 8.97 Å². The topological polar surface area (TPSA) is 0 Å². The van der Waals surface area contributed by atoms with E-state index >= 15 is 0 Å². The van der Waals surface area contributed by atoms with Gasteiger partial charge >= 0.3 is 0 Å². The summed E-state index contributed by atoms with van der Waals surface area (Å²) in [5.41, 5.74) is 0. The molecule has 0 heterocycles. The Bertz CT molecular complexity index is 256. The minimum absolute atomic E-state index is 1.11. The Hall–Kier alpha value is -0.120. The molecule has 3 heteroatoms. The molecule has 0 saturated carbocycles. The molecule has 0 aliphatic carbocycles. The van der Waals surface area contributed by atoms with E-state index in [4.69, 9.17) is 0 Å². The summed E-state index contributed by atoms with van der Waals surface area (Å²) in [6.07, 6.45) is 11.2. The van der Waals surface area contributed by atoms with Crippen LogP contribution in [0, 0.1) is 0 Å². The van der Waals surface area contributed by atoms with Gasteiger partial charge in [-0.3, -0.25) is 0 Å². The van der Waals surface area contributed by atoms with E-state index in [0.29, 0.717) is 0 Å². The lowest BCUT2D eigenvalue weighted by Gasteiger charge is -2.30. The van der Waals surface area contributed by atoms with Crippen LogP contribution in [0.2, 0.25) is 0 Å². The number of nitrogens with zero attached hydrogens (tertiary/aromatic N) is 3. The molecule has 0 rings (SSSR count). The molecule has 0 N–H and O–H groups in total. The molecule has 0 radical (unpaired) electrons. The van der Waals surface area contributed by atoms with Gasteiger partial charge in [0.1, 0.15) is 0 Å². The zero-order valence-corrected chi connectivity index (χ0v) is 17.8. The molecular weight excluding hydrogens is 282 g/mol. The molecule has 0 amide bonds. The van der Waals surface area contributed by atoms with E-state index in [1.807, 2.05) is 0 Å².